The van der Waals surface area contributed by atoms with Gasteiger partial charge >= 0.3 is 0 Å². The number of hydrogen-bond donors (Lipinski definition) is 1. The van der Waals surface area contributed by atoms with Crippen LogP contribution in [0, 0.1) is 11.3 Å². The molecule has 1 atom stereocenters. The zero-order chi connectivity index (χ0) is 26.6. The number of aromatic nitrogens is 3. The minimum absolute atomic E-state index is 0.165. The molecule has 2 aromatic heterocycles. The first-order valence-electron chi connectivity index (χ1n) is 13.2. The van der Waals surface area contributed by atoms with Crippen molar-refractivity contribution in [2.45, 2.75) is 31.7 Å². The van der Waals surface area contributed by atoms with E-state index in [1.54, 1.807) is 29.8 Å². The van der Waals surface area contributed by atoms with Crippen LogP contribution in [0.5, 0.6) is 0 Å². The van der Waals surface area contributed by atoms with E-state index in [0.29, 0.717) is 34.5 Å². The van der Waals surface area contributed by atoms with Gasteiger partial charge in [0.25, 0.3) is 5.91 Å². The molecule has 9 heteroatoms. The van der Waals surface area contributed by atoms with Crippen LogP contribution in [0.25, 0.3) is 11.1 Å². The molecule has 1 aliphatic carbocycles. The Kier molecular flexibility index (Phi) is 7.41. The van der Waals surface area contributed by atoms with Crippen molar-refractivity contribution in [3.63, 3.8) is 0 Å². The van der Waals surface area contributed by atoms with Crippen LogP contribution in [0.2, 0.25) is 0 Å². The minimum Gasteiger partial charge on any atom is -0.379 e. The summed E-state index contributed by atoms with van der Waals surface area (Å²) in [4.78, 5) is 30.6. The molecule has 196 valence electrons. The molecule has 1 fully saturated rings. The van der Waals surface area contributed by atoms with Gasteiger partial charge < -0.3 is 4.74 Å². The molecule has 0 spiro atoms. The van der Waals surface area contributed by atoms with Crippen LogP contribution >= 0.6 is 11.3 Å². The number of nitrogens with one attached hydrogen (secondary N) is 1. The number of anilines is 1. The van der Waals surface area contributed by atoms with Crippen LogP contribution in [-0.4, -0.2) is 58.1 Å². The Morgan fingerprint density at radius 3 is 2.74 bits per heavy atom. The Hall–Kier alpha value is -3.97. The van der Waals surface area contributed by atoms with E-state index in [4.69, 9.17) is 15.0 Å². The monoisotopic (exact) mass is 536 g/mol. The van der Waals surface area contributed by atoms with E-state index in [1.165, 1.54) is 4.88 Å². The van der Waals surface area contributed by atoms with E-state index in [0.717, 1.165) is 68.0 Å². The molecular weight excluding hydrogens is 508 g/mol. The molecule has 2 aliphatic rings. The molecule has 6 rings (SSSR count). The zero-order valence-corrected chi connectivity index (χ0v) is 22.3. The molecule has 1 saturated heterocycles. The number of carbonyl (C=O) groups is 1. The number of fused-ring (bicyclic) bond motifs is 1. The summed E-state index contributed by atoms with van der Waals surface area (Å²) in [6.07, 6.45) is 7.07. The summed E-state index contributed by atoms with van der Waals surface area (Å²) in [6, 6.07) is 17.6. The third-order valence-corrected chi connectivity index (χ3v) is 8.31. The average Bonchev–Trinajstić information content (AvgIpc) is 3.39. The SMILES string of the molecule is N#Cc1cccc(-c2cnc(Cc3cccc(C(=O)Nc4nc5c(s4)C[C@@H](N4CCOCC4)CC5)c3)nc2)c1. The number of benzene rings is 2. The second-order valence-electron chi connectivity index (χ2n) is 9.85. The average molecular weight is 537 g/mol. The second-order valence-corrected chi connectivity index (χ2v) is 10.9. The predicted octanol–water partition coefficient (Wildman–Crippen LogP) is 4.50. The van der Waals surface area contributed by atoms with E-state index in [1.807, 2.05) is 42.5 Å². The molecule has 4 aromatic rings. The maximum atomic E-state index is 13.1. The summed E-state index contributed by atoms with van der Waals surface area (Å²) in [5.74, 6) is 0.497. The van der Waals surface area contributed by atoms with Crippen molar-refractivity contribution in [1.29, 1.82) is 5.26 Å². The number of morpholine rings is 1. The molecule has 1 amide bonds. The van der Waals surface area contributed by atoms with Crippen LogP contribution < -0.4 is 5.32 Å². The fourth-order valence-electron chi connectivity index (χ4n) is 5.20. The van der Waals surface area contributed by atoms with Crippen LogP contribution in [0.3, 0.4) is 0 Å². The predicted molar refractivity (Wildman–Crippen MR) is 150 cm³/mol. The summed E-state index contributed by atoms with van der Waals surface area (Å²) in [5.41, 5.74) is 5.01. The molecule has 39 heavy (non-hydrogen) atoms. The minimum atomic E-state index is -0.165. The van der Waals surface area contributed by atoms with Gasteiger partial charge in [-0.15, -0.1) is 11.3 Å². The van der Waals surface area contributed by atoms with E-state index < -0.39 is 0 Å². The third-order valence-electron chi connectivity index (χ3n) is 7.28. The molecule has 1 N–H and O–H groups in total. The molecule has 0 radical (unpaired) electrons. The quantitative estimate of drug-likeness (QED) is 0.387. The fraction of sp³-hybridized carbons (Fsp3) is 0.300. The molecule has 0 bridgehead atoms. The first kappa shape index (κ1) is 25.3. The highest BCUT2D eigenvalue weighted by atomic mass is 32.1. The van der Waals surface area contributed by atoms with Crippen LogP contribution in [0.15, 0.2) is 60.9 Å². The summed E-state index contributed by atoms with van der Waals surface area (Å²) >= 11 is 1.60. The smallest absolute Gasteiger partial charge is 0.257 e. The summed E-state index contributed by atoms with van der Waals surface area (Å²) in [6.45, 7) is 3.59. The van der Waals surface area contributed by atoms with Crippen molar-refractivity contribution in [2.24, 2.45) is 0 Å². The van der Waals surface area contributed by atoms with Crippen molar-refractivity contribution >= 4 is 22.4 Å². The van der Waals surface area contributed by atoms with Crippen molar-refractivity contribution in [2.75, 3.05) is 31.6 Å². The van der Waals surface area contributed by atoms with Gasteiger partial charge in [-0.25, -0.2) is 15.0 Å². The summed E-state index contributed by atoms with van der Waals surface area (Å²) in [5, 5.41) is 12.8. The highest BCUT2D eigenvalue weighted by Gasteiger charge is 2.28. The molecule has 3 heterocycles. The van der Waals surface area contributed by atoms with E-state index in [-0.39, 0.29) is 5.91 Å². The fourth-order valence-corrected chi connectivity index (χ4v) is 6.28. The van der Waals surface area contributed by atoms with Crippen molar-refractivity contribution in [1.82, 2.24) is 19.9 Å². The first-order valence-corrected chi connectivity index (χ1v) is 14.0. The number of rotatable bonds is 6. The first-order chi connectivity index (χ1) is 19.1. The van der Waals surface area contributed by atoms with Crippen LogP contribution in [0.4, 0.5) is 5.13 Å². The van der Waals surface area contributed by atoms with Gasteiger partial charge in [0.05, 0.1) is 30.5 Å². The molecule has 0 unspecified atom stereocenters. The number of amides is 1. The van der Waals surface area contributed by atoms with Gasteiger partial charge in [-0.2, -0.15) is 5.26 Å². The van der Waals surface area contributed by atoms with Gasteiger partial charge in [-0.3, -0.25) is 15.0 Å². The molecule has 8 nitrogen and oxygen atoms in total. The van der Waals surface area contributed by atoms with Crippen LogP contribution in [0.1, 0.15) is 44.3 Å². The molecule has 1 aliphatic heterocycles. The molecule has 2 aromatic carbocycles. The lowest BCUT2D eigenvalue weighted by molar-refractivity contribution is 0.0139. The number of hydrogen-bond acceptors (Lipinski definition) is 8. The van der Waals surface area contributed by atoms with Gasteiger partial charge in [-0.1, -0.05) is 24.3 Å². The number of nitrogens with zero attached hydrogens (tertiary/aromatic N) is 5. The van der Waals surface area contributed by atoms with E-state index in [2.05, 4.69) is 26.3 Å². The largest absolute Gasteiger partial charge is 0.379 e. The highest BCUT2D eigenvalue weighted by molar-refractivity contribution is 7.15. The Bertz CT molecular complexity index is 1520. The Balaban J connectivity index is 1.09. The van der Waals surface area contributed by atoms with Crippen molar-refractivity contribution in [3.05, 3.63) is 94.0 Å². The maximum absolute atomic E-state index is 13.1. The maximum Gasteiger partial charge on any atom is 0.257 e. The highest BCUT2D eigenvalue weighted by Crippen LogP contribution is 2.32. The zero-order valence-electron chi connectivity index (χ0n) is 21.5. The van der Waals surface area contributed by atoms with Gasteiger partial charge in [0.2, 0.25) is 0 Å². The lowest BCUT2D eigenvalue weighted by Crippen LogP contribution is -2.45. The second kappa shape index (κ2) is 11.4. The normalized spacial score (nSPS) is 17.3. The number of thiazole rings is 1. The van der Waals surface area contributed by atoms with Crippen LogP contribution in [-0.2, 0) is 24.0 Å². The topological polar surface area (TPSA) is 104 Å². The van der Waals surface area contributed by atoms with Gasteiger partial charge in [0, 0.05) is 53.9 Å². The Morgan fingerprint density at radius 2 is 1.92 bits per heavy atom. The van der Waals surface area contributed by atoms with Crippen molar-refractivity contribution in [3.8, 4) is 17.2 Å². The Morgan fingerprint density at radius 1 is 1.10 bits per heavy atom. The number of nitriles is 1. The Labute approximate surface area is 231 Å². The number of carbonyl (C=O) groups excluding carboxylic acids is 1. The molecule has 0 saturated carbocycles. The van der Waals surface area contributed by atoms with Gasteiger partial charge in [0.1, 0.15) is 5.82 Å². The lowest BCUT2D eigenvalue weighted by Gasteiger charge is -2.36. The number of aryl methyl sites for hydroxylation is 1. The van der Waals surface area contributed by atoms with Gasteiger partial charge in [-0.05, 0) is 54.7 Å². The number of ether oxygens (including phenoxy) is 1. The summed E-state index contributed by atoms with van der Waals surface area (Å²) in [7, 11) is 0. The summed E-state index contributed by atoms with van der Waals surface area (Å²) < 4.78 is 5.51. The van der Waals surface area contributed by atoms with E-state index in [9.17, 15) is 4.79 Å². The molecular formula is C30H28N6O2S. The lowest BCUT2D eigenvalue weighted by atomic mass is 9.96. The van der Waals surface area contributed by atoms with Gasteiger partial charge in [0.15, 0.2) is 5.13 Å². The standard InChI is InChI=1S/C30H28N6O2S/c31-17-21-4-2-5-22(14-21)24-18-32-28(33-19-24)15-20-3-1-6-23(13-20)29(37)35-30-34-26-8-7-25(16-27(26)39-30)36-9-11-38-12-10-36/h1-6,13-14,18-19,25H,7-12,15-16H2,(H,34,35,37)/t25-/m0/s1. The van der Waals surface area contributed by atoms with E-state index >= 15 is 0 Å². The third kappa shape index (κ3) is 5.88. The van der Waals surface area contributed by atoms with Crippen molar-refractivity contribution < 1.29 is 9.53 Å².